The van der Waals surface area contributed by atoms with Crippen LogP contribution in [-0.2, 0) is 4.79 Å². The second-order valence-electron chi connectivity index (χ2n) is 6.48. The number of amides is 1. The molecule has 1 aliphatic heterocycles. The first kappa shape index (κ1) is 11.8. The maximum Gasteiger partial charge on any atom is 0.221 e. The highest BCUT2D eigenvalue weighted by molar-refractivity contribution is 5.80. The van der Waals surface area contributed by atoms with Crippen LogP contribution in [-0.4, -0.2) is 5.91 Å². The molecule has 1 saturated heterocycles. The van der Waals surface area contributed by atoms with E-state index in [1.165, 1.54) is 18.4 Å². The van der Waals surface area contributed by atoms with Crippen LogP contribution in [0.1, 0.15) is 51.1 Å². The van der Waals surface area contributed by atoms with E-state index in [9.17, 15) is 4.79 Å². The van der Waals surface area contributed by atoms with Gasteiger partial charge in [0.2, 0.25) is 5.91 Å². The number of rotatable bonds is 1. The monoisotopic (exact) mass is 243 g/mol. The molecule has 1 aromatic carbocycles. The Morgan fingerprint density at radius 1 is 1.17 bits per heavy atom. The van der Waals surface area contributed by atoms with Gasteiger partial charge in [-0.15, -0.1) is 0 Å². The molecule has 0 bridgehead atoms. The molecule has 1 amide bonds. The number of nitrogens with one attached hydrogen (secondary N) is 1. The number of carbonyl (C=O) groups is 1. The van der Waals surface area contributed by atoms with Gasteiger partial charge >= 0.3 is 0 Å². The Hall–Kier alpha value is -1.31. The summed E-state index contributed by atoms with van der Waals surface area (Å²) in [5.74, 6) is 0.221. The van der Waals surface area contributed by atoms with E-state index >= 15 is 0 Å². The quantitative estimate of drug-likeness (QED) is 0.804. The lowest BCUT2D eigenvalue weighted by atomic mass is 9.62. The molecule has 1 heterocycles. The zero-order chi connectivity index (χ0) is 12.8. The number of hydrogen-bond donors (Lipinski definition) is 1. The van der Waals surface area contributed by atoms with Crippen molar-refractivity contribution >= 4 is 5.91 Å². The van der Waals surface area contributed by atoms with E-state index in [0.717, 1.165) is 6.42 Å². The lowest BCUT2D eigenvalue weighted by Crippen LogP contribution is -2.37. The summed E-state index contributed by atoms with van der Waals surface area (Å²) in [5.41, 5.74) is 1.62. The van der Waals surface area contributed by atoms with E-state index in [0.29, 0.717) is 6.42 Å². The van der Waals surface area contributed by atoms with Crippen molar-refractivity contribution in [1.29, 1.82) is 0 Å². The number of hydrogen-bond acceptors (Lipinski definition) is 1. The third kappa shape index (κ3) is 1.51. The lowest BCUT2D eigenvalue weighted by molar-refractivity contribution is -0.120. The third-order valence-corrected chi connectivity index (χ3v) is 5.24. The predicted molar refractivity (Wildman–Crippen MR) is 72.0 cm³/mol. The van der Waals surface area contributed by atoms with Crippen LogP contribution in [0, 0.1) is 10.8 Å². The van der Waals surface area contributed by atoms with Gasteiger partial charge in [-0.3, -0.25) is 4.79 Å². The zero-order valence-corrected chi connectivity index (χ0v) is 11.2. The fourth-order valence-electron chi connectivity index (χ4n) is 4.08. The van der Waals surface area contributed by atoms with Gasteiger partial charge in [0.25, 0.3) is 0 Å². The summed E-state index contributed by atoms with van der Waals surface area (Å²) in [6.45, 7) is 4.66. The van der Waals surface area contributed by atoms with Crippen LogP contribution in [0.2, 0.25) is 0 Å². The smallest absolute Gasteiger partial charge is 0.221 e. The molecule has 1 N–H and O–H groups in total. The van der Waals surface area contributed by atoms with Crippen molar-refractivity contribution in [2.24, 2.45) is 10.8 Å². The Kier molecular flexibility index (Phi) is 2.51. The topological polar surface area (TPSA) is 29.1 Å². The minimum atomic E-state index is 0.117. The highest BCUT2D eigenvalue weighted by atomic mass is 16.2. The van der Waals surface area contributed by atoms with Gasteiger partial charge in [0, 0.05) is 11.8 Å². The molecular formula is C16H21NO. The molecular weight excluding hydrogens is 222 g/mol. The van der Waals surface area contributed by atoms with Crippen molar-refractivity contribution in [1.82, 2.24) is 5.32 Å². The molecule has 0 radical (unpaired) electrons. The predicted octanol–water partition coefficient (Wildman–Crippen LogP) is 3.44. The summed E-state index contributed by atoms with van der Waals surface area (Å²) in [6.07, 6.45) is 4.33. The second-order valence-corrected chi connectivity index (χ2v) is 6.48. The molecule has 2 heteroatoms. The normalized spacial score (nSPS) is 33.9. The van der Waals surface area contributed by atoms with Crippen LogP contribution in [0.25, 0.3) is 0 Å². The van der Waals surface area contributed by atoms with Gasteiger partial charge in [-0.1, -0.05) is 50.6 Å². The average Bonchev–Trinajstić information content (AvgIpc) is 2.82. The standard InChI is InChI=1S/C16H21NO/c1-15(2)9-6-10-16(15)11-13(18)17-14(16)12-7-4-3-5-8-12/h3-5,7-8,14H,6,9-11H2,1-2H3,(H,17,18). The molecule has 1 aromatic rings. The molecule has 1 aliphatic carbocycles. The Morgan fingerprint density at radius 3 is 2.50 bits per heavy atom. The van der Waals surface area contributed by atoms with E-state index < -0.39 is 0 Å². The van der Waals surface area contributed by atoms with Crippen LogP contribution in [0.15, 0.2) is 30.3 Å². The zero-order valence-electron chi connectivity index (χ0n) is 11.2. The van der Waals surface area contributed by atoms with Gasteiger partial charge < -0.3 is 5.32 Å². The van der Waals surface area contributed by atoms with Gasteiger partial charge in [-0.2, -0.15) is 0 Å². The summed E-state index contributed by atoms with van der Waals surface area (Å²) in [5, 5.41) is 3.22. The van der Waals surface area contributed by atoms with E-state index in [1.807, 2.05) is 6.07 Å². The summed E-state index contributed by atoms with van der Waals surface area (Å²) < 4.78 is 0. The van der Waals surface area contributed by atoms with E-state index in [1.54, 1.807) is 0 Å². The maximum absolute atomic E-state index is 12.0. The first-order valence-electron chi connectivity index (χ1n) is 6.90. The molecule has 2 aliphatic rings. The molecule has 3 rings (SSSR count). The van der Waals surface area contributed by atoms with E-state index in [-0.39, 0.29) is 22.8 Å². The van der Waals surface area contributed by atoms with Crippen molar-refractivity contribution in [2.45, 2.75) is 45.6 Å². The Morgan fingerprint density at radius 2 is 1.89 bits per heavy atom. The Labute approximate surface area is 109 Å². The fraction of sp³-hybridized carbons (Fsp3) is 0.562. The van der Waals surface area contributed by atoms with E-state index in [2.05, 4.69) is 43.4 Å². The van der Waals surface area contributed by atoms with Crippen LogP contribution in [0.5, 0.6) is 0 Å². The highest BCUT2D eigenvalue weighted by Gasteiger charge is 2.58. The highest BCUT2D eigenvalue weighted by Crippen LogP contribution is 2.62. The first-order valence-corrected chi connectivity index (χ1v) is 6.90. The molecule has 2 atom stereocenters. The van der Waals surface area contributed by atoms with Gasteiger partial charge in [-0.05, 0) is 23.8 Å². The van der Waals surface area contributed by atoms with Crippen molar-refractivity contribution in [3.8, 4) is 0 Å². The van der Waals surface area contributed by atoms with E-state index in [4.69, 9.17) is 0 Å². The van der Waals surface area contributed by atoms with Crippen molar-refractivity contribution in [2.75, 3.05) is 0 Å². The Balaban J connectivity index is 2.05. The van der Waals surface area contributed by atoms with Crippen molar-refractivity contribution in [3.63, 3.8) is 0 Å². The molecule has 2 fully saturated rings. The second kappa shape index (κ2) is 3.84. The molecule has 18 heavy (non-hydrogen) atoms. The van der Waals surface area contributed by atoms with Crippen molar-refractivity contribution < 1.29 is 4.79 Å². The Bertz CT molecular complexity index is 465. The summed E-state index contributed by atoms with van der Waals surface area (Å²) in [4.78, 5) is 12.0. The molecule has 1 saturated carbocycles. The molecule has 2 nitrogen and oxygen atoms in total. The van der Waals surface area contributed by atoms with Crippen LogP contribution in [0.3, 0.4) is 0 Å². The van der Waals surface area contributed by atoms with Gasteiger partial charge in [0.05, 0.1) is 6.04 Å². The van der Waals surface area contributed by atoms with Crippen LogP contribution < -0.4 is 5.32 Å². The summed E-state index contributed by atoms with van der Waals surface area (Å²) in [6, 6.07) is 10.7. The minimum absolute atomic E-state index is 0.117. The average molecular weight is 243 g/mol. The third-order valence-electron chi connectivity index (χ3n) is 5.24. The molecule has 2 unspecified atom stereocenters. The lowest BCUT2D eigenvalue weighted by Gasteiger charge is -2.42. The maximum atomic E-state index is 12.0. The first-order chi connectivity index (χ1) is 8.55. The molecule has 0 aromatic heterocycles. The molecule has 96 valence electrons. The van der Waals surface area contributed by atoms with Crippen LogP contribution in [0.4, 0.5) is 0 Å². The van der Waals surface area contributed by atoms with Crippen molar-refractivity contribution in [3.05, 3.63) is 35.9 Å². The fourth-order valence-corrected chi connectivity index (χ4v) is 4.08. The number of carbonyl (C=O) groups excluding carboxylic acids is 1. The van der Waals surface area contributed by atoms with Gasteiger partial charge in [-0.25, -0.2) is 0 Å². The van der Waals surface area contributed by atoms with Crippen LogP contribution >= 0.6 is 0 Å². The minimum Gasteiger partial charge on any atom is -0.349 e. The SMILES string of the molecule is CC1(C)CCCC12CC(=O)NC2c1ccccc1. The summed E-state index contributed by atoms with van der Waals surface area (Å²) in [7, 11) is 0. The summed E-state index contributed by atoms with van der Waals surface area (Å²) >= 11 is 0. The van der Waals surface area contributed by atoms with Gasteiger partial charge in [0.1, 0.15) is 0 Å². The number of benzene rings is 1. The van der Waals surface area contributed by atoms with Gasteiger partial charge in [0.15, 0.2) is 0 Å². The largest absolute Gasteiger partial charge is 0.349 e. The molecule has 1 spiro atoms.